The minimum Gasteiger partial charge on any atom is -0.368 e. The van der Waals surface area contributed by atoms with E-state index in [-0.39, 0.29) is 23.6 Å². The summed E-state index contributed by atoms with van der Waals surface area (Å²) < 4.78 is 0. The first kappa shape index (κ1) is 13.5. The fourth-order valence-corrected chi connectivity index (χ4v) is 2.27. The lowest BCUT2D eigenvalue weighted by atomic mass is 10.2. The van der Waals surface area contributed by atoms with Crippen LogP contribution in [-0.2, 0) is 11.8 Å². The second-order valence-electron chi connectivity index (χ2n) is 4.57. The fraction of sp³-hybridized carbons (Fsp3) is 0.636. The Morgan fingerprint density at radius 1 is 1.58 bits per heavy atom. The zero-order valence-electron chi connectivity index (χ0n) is 10.9. The molecule has 1 atom stereocenters. The molecule has 2 rings (SSSR count). The number of carbonyl (C=O) groups excluding carboxylic acids is 2. The van der Waals surface area contributed by atoms with Crippen molar-refractivity contribution in [2.45, 2.75) is 18.9 Å². The van der Waals surface area contributed by atoms with Crippen LogP contribution in [0.4, 0.5) is 0 Å². The van der Waals surface area contributed by atoms with Gasteiger partial charge in [0, 0.05) is 20.1 Å². The first-order chi connectivity index (χ1) is 9.08. The molecule has 8 heteroatoms. The number of carbonyl (C=O) groups is 2. The molecule has 0 aliphatic carbocycles. The highest BCUT2D eigenvalue weighted by Gasteiger charge is 2.28. The van der Waals surface area contributed by atoms with Gasteiger partial charge in [-0.3, -0.25) is 14.5 Å². The predicted molar refractivity (Wildman–Crippen MR) is 67.1 cm³/mol. The summed E-state index contributed by atoms with van der Waals surface area (Å²) in [7, 11) is 1.65. The van der Waals surface area contributed by atoms with E-state index in [9.17, 15) is 9.59 Å². The molecule has 1 unspecified atom stereocenters. The number of aromatic nitrogens is 3. The zero-order chi connectivity index (χ0) is 13.8. The SMILES string of the molecule is Cn1ncc(C(=O)NCCN2CCCC2C(N)=O)n1. The van der Waals surface area contributed by atoms with Crippen LogP contribution in [0.5, 0.6) is 0 Å². The van der Waals surface area contributed by atoms with Gasteiger partial charge in [0.1, 0.15) is 0 Å². The molecule has 3 N–H and O–H groups in total. The Labute approximate surface area is 110 Å². The van der Waals surface area contributed by atoms with E-state index in [2.05, 4.69) is 15.5 Å². The molecule has 8 nitrogen and oxygen atoms in total. The summed E-state index contributed by atoms with van der Waals surface area (Å²) in [5, 5.41) is 10.5. The van der Waals surface area contributed by atoms with E-state index >= 15 is 0 Å². The lowest BCUT2D eigenvalue weighted by Gasteiger charge is -2.21. The van der Waals surface area contributed by atoms with E-state index in [0.717, 1.165) is 19.4 Å². The van der Waals surface area contributed by atoms with Crippen LogP contribution in [0, 0.1) is 0 Å². The molecule has 0 saturated carbocycles. The van der Waals surface area contributed by atoms with Gasteiger partial charge in [-0.15, -0.1) is 5.10 Å². The fourth-order valence-electron chi connectivity index (χ4n) is 2.27. The monoisotopic (exact) mass is 266 g/mol. The molecule has 2 amide bonds. The number of nitrogens with two attached hydrogens (primary N) is 1. The summed E-state index contributed by atoms with van der Waals surface area (Å²) in [5.41, 5.74) is 5.61. The second-order valence-corrected chi connectivity index (χ2v) is 4.57. The Balaban J connectivity index is 1.77. The Morgan fingerprint density at radius 2 is 2.37 bits per heavy atom. The third-order valence-corrected chi connectivity index (χ3v) is 3.21. The summed E-state index contributed by atoms with van der Waals surface area (Å²) >= 11 is 0. The van der Waals surface area contributed by atoms with Crippen molar-refractivity contribution in [3.05, 3.63) is 11.9 Å². The molecular formula is C11H18N6O2. The number of likely N-dealkylation sites (tertiary alicyclic amines) is 1. The maximum absolute atomic E-state index is 11.7. The molecule has 2 heterocycles. The van der Waals surface area contributed by atoms with Crippen molar-refractivity contribution in [3.63, 3.8) is 0 Å². The number of amides is 2. The number of hydrogen-bond acceptors (Lipinski definition) is 5. The van der Waals surface area contributed by atoms with Gasteiger partial charge in [0.25, 0.3) is 5.91 Å². The molecule has 104 valence electrons. The van der Waals surface area contributed by atoms with Gasteiger partial charge in [0.15, 0.2) is 5.69 Å². The van der Waals surface area contributed by atoms with E-state index in [4.69, 9.17) is 5.73 Å². The highest BCUT2D eigenvalue weighted by atomic mass is 16.2. The Bertz CT molecular complexity index is 472. The third-order valence-electron chi connectivity index (χ3n) is 3.21. The van der Waals surface area contributed by atoms with Gasteiger partial charge < -0.3 is 11.1 Å². The number of nitrogens with one attached hydrogen (secondary N) is 1. The standard InChI is InChI=1S/C11H18N6O2/c1-16-14-7-8(15-16)11(19)13-4-6-17-5-2-3-9(17)10(12)18/h7,9H,2-6H2,1H3,(H2,12,18)(H,13,19). The van der Waals surface area contributed by atoms with Crippen molar-refractivity contribution < 1.29 is 9.59 Å². The Morgan fingerprint density at radius 3 is 3.00 bits per heavy atom. The molecule has 1 aromatic heterocycles. The van der Waals surface area contributed by atoms with Crippen LogP contribution in [-0.4, -0.2) is 57.4 Å². The van der Waals surface area contributed by atoms with Crippen LogP contribution in [0.25, 0.3) is 0 Å². The lowest BCUT2D eigenvalue weighted by Crippen LogP contribution is -2.43. The highest BCUT2D eigenvalue weighted by Crippen LogP contribution is 2.15. The van der Waals surface area contributed by atoms with E-state index in [1.165, 1.54) is 11.0 Å². The maximum atomic E-state index is 11.7. The number of primary amides is 1. The minimum atomic E-state index is -0.294. The first-order valence-corrected chi connectivity index (χ1v) is 6.26. The lowest BCUT2D eigenvalue weighted by molar-refractivity contribution is -0.122. The zero-order valence-corrected chi connectivity index (χ0v) is 10.9. The summed E-state index contributed by atoms with van der Waals surface area (Å²) in [6.45, 7) is 1.91. The predicted octanol–water partition coefficient (Wildman–Crippen LogP) is -1.51. The van der Waals surface area contributed by atoms with E-state index in [0.29, 0.717) is 13.1 Å². The number of hydrogen-bond donors (Lipinski definition) is 2. The van der Waals surface area contributed by atoms with Crippen LogP contribution in [0.15, 0.2) is 6.20 Å². The van der Waals surface area contributed by atoms with Gasteiger partial charge in [-0.05, 0) is 19.4 Å². The number of aryl methyl sites for hydroxylation is 1. The summed E-state index contributed by atoms with van der Waals surface area (Å²) in [6.07, 6.45) is 3.18. The molecule has 0 radical (unpaired) electrons. The highest BCUT2D eigenvalue weighted by molar-refractivity contribution is 5.91. The van der Waals surface area contributed by atoms with Crippen LogP contribution in [0.1, 0.15) is 23.3 Å². The molecule has 1 aliphatic rings. The van der Waals surface area contributed by atoms with E-state index < -0.39 is 0 Å². The van der Waals surface area contributed by atoms with Crippen molar-refractivity contribution in [2.75, 3.05) is 19.6 Å². The molecule has 1 fully saturated rings. The molecule has 1 aliphatic heterocycles. The van der Waals surface area contributed by atoms with Crippen LogP contribution >= 0.6 is 0 Å². The summed E-state index contributed by atoms with van der Waals surface area (Å²) in [6, 6.07) is -0.201. The van der Waals surface area contributed by atoms with Crippen molar-refractivity contribution in [1.82, 2.24) is 25.2 Å². The Kier molecular flexibility index (Phi) is 4.10. The van der Waals surface area contributed by atoms with Crippen molar-refractivity contribution in [2.24, 2.45) is 12.8 Å². The summed E-state index contributed by atoms with van der Waals surface area (Å²) in [5.74, 6) is -0.555. The van der Waals surface area contributed by atoms with Crippen molar-refractivity contribution in [3.8, 4) is 0 Å². The van der Waals surface area contributed by atoms with Crippen LogP contribution in [0.3, 0.4) is 0 Å². The van der Waals surface area contributed by atoms with Gasteiger partial charge in [0.05, 0.1) is 12.2 Å². The second kappa shape index (κ2) is 5.79. The topological polar surface area (TPSA) is 106 Å². The third kappa shape index (κ3) is 3.28. The molecule has 0 bridgehead atoms. The molecule has 1 saturated heterocycles. The first-order valence-electron chi connectivity index (χ1n) is 6.26. The number of rotatable bonds is 5. The van der Waals surface area contributed by atoms with Crippen LogP contribution < -0.4 is 11.1 Å². The smallest absolute Gasteiger partial charge is 0.273 e. The van der Waals surface area contributed by atoms with E-state index in [1.54, 1.807) is 7.05 Å². The van der Waals surface area contributed by atoms with Gasteiger partial charge in [-0.25, -0.2) is 0 Å². The minimum absolute atomic E-state index is 0.201. The molecule has 0 spiro atoms. The summed E-state index contributed by atoms with van der Waals surface area (Å²) in [4.78, 5) is 26.2. The quantitative estimate of drug-likeness (QED) is 0.674. The normalized spacial score (nSPS) is 19.5. The molecule has 1 aromatic rings. The van der Waals surface area contributed by atoms with Gasteiger partial charge >= 0.3 is 0 Å². The van der Waals surface area contributed by atoms with Gasteiger partial charge in [-0.2, -0.15) is 9.90 Å². The molecular weight excluding hydrogens is 248 g/mol. The van der Waals surface area contributed by atoms with Gasteiger partial charge in [-0.1, -0.05) is 0 Å². The Hall–Kier alpha value is -1.96. The van der Waals surface area contributed by atoms with Gasteiger partial charge in [0.2, 0.25) is 5.91 Å². The van der Waals surface area contributed by atoms with E-state index in [1.807, 2.05) is 4.90 Å². The van der Waals surface area contributed by atoms with Crippen molar-refractivity contribution in [1.29, 1.82) is 0 Å². The number of nitrogens with zero attached hydrogens (tertiary/aromatic N) is 4. The molecule has 19 heavy (non-hydrogen) atoms. The average molecular weight is 266 g/mol. The molecule has 0 aromatic carbocycles. The van der Waals surface area contributed by atoms with Crippen molar-refractivity contribution >= 4 is 11.8 Å². The maximum Gasteiger partial charge on any atom is 0.273 e. The average Bonchev–Trinajstić information content (AvgIpc) is 2.97. The largest absolute Gasteiger partial charge is 0.368 e. The van der Waals surface area contributed by atoms with Crippen LogP contribution in [0.2, 0.25) is 0 Å².